The van der Waals surface area contributed by atoms with Crippen LogP contribution in [0.3, 0.4) is 0 Å². The lowest BCUT2D eigenvalue weighted by Crippen LogP contribution is -2.08. The number of ether oxygens (including phenoxy) is 2. The summed E-state index contributed by atoms with van der Waals surface area (Å²) in [6.07, 6.45) is 2.74. The summed E-state index contributed by atoms with van der Waals surface area (Å²) in [7, 11) is 2.88. The Morgan fingerprint density at radius 2 is 2.11 bits per heavy atom. The molecule has 0 aromatic carbocycles. The van der Waals surface area contributed by atoms with E-state index in [1.165, 1.54) is 26.7 Å². The van der Waals surface area contributed by atoms with E-state index in [0.29, 0.717) is 11.3 Å². The summed E-state index contributed by atoms with van der Waals surface area (Å²) in [5, 5.41) is 0. The van der Waals surface area contributed by atoms with Crippen LogP contribution in [0, 0.1) is 6.92 Å². The Balaban J connectivity index is 2.41. The second-order valence-electron chi connectivity index (χ2n) is 3.55. The number of aryl methyl sites for hydroxylation is 1. The van der Waals surface area contributed by atoms with Crippen molar-refractivity contribution >= 4 is 5.78 Å². The van der Waals surface area contributed by atoms with Crippen molar-refractivity contribution < 1.29 is 18.7 Å². The summed E-state index contributed by atoms with van der Waals surface area (Å²) >= 11 is 0. The van der Waals surface area contributed by atoms with Gasteiger partial charge in [-0.2, -0.15) is 4.98 Å². The van der Waals surface area contributed by atoms with E-state index in [1.807, 2.05) is 0 Å². The molecule has 0 fully saturated rings. The Hall–Kier alpha value is -2.37. The molecule has 0 unspecified atom stereocenters. The number of rotatable bonds is 4. The van der Waals surface area contributed by atoms with Crippen LogP contribution in [-0.2, 0) is 0 Å². The van der Waals surface area contributed by atoms with Gasteiger partial charge in [0.25, 0.3) is 0 Å². The lowest BCUT2D eigenvalue weighted by Gasteiger charge is -2.06. The SMILES string of the molecule is COc1cnc(C(=O)c2coc(C)c2)c(OC)n1. The van der Waals surface area contributed by atoms with E-state index >= 15 is 0 Å². The highest BCUT2D eigenvalue weighted by Gasteiger charge is 2.20. The summed E-state index contributed by atoms with van der Waals surface area (Å²) in [6, 6.07) is 1.63. The van der Waals surface area contributed by atoms with Crippen molar-refractivity contribution in [2.24, 2.45) is 0 Å². The normalized spacial score (nSPS) is 10.2. The minimum atomic E-state index is -0.307. The molecule has 0 aliphatic rings. The number of methoxy groups -OCH3 is 2. The summed E-state index contributed by atoms with van der Waals surface area (Å²) in [4.78, 5) is 20.2. The Morgan fingerprint density at radius 3 is 2.67 bits per heavy atom. The van der Waals surface area contributed by atoms with E-state index in [4.69, 9.17) is 13.9 Å². The Kier molecular flexibility index (Phi) is 3.27. The smallest absolute Gasteiger partial charge is 0.247 e. The van der Waals surface area contributed by atoms with Crippen molar-refractivity contribution in [2.75, 3.05) is 14.2 Å². The lowest BCUT2D eigenvalue weighted by molar-refractivity contribution is 0.102. The van der Waals surface area contributed by atoms with Crippen LogP contribution in [0.5, 0.6) is 11.8 Å². The molecule has 2 aromatic heterocycles. The molecule has 0 atom stereocenters. The van der Waals surface area contributed by atoms with Gasteiger partial charge in [0.05, 0.1) is 26.0 Å². The molecule has 18 heavy (non-hydrogen) atoms. The van der Waals surface area contributed by atoms with Crippen molar-refractivity contribution in [1.29, 1.82) is 0 Å². The van der Waals surface area contributed by atoms with E-state index in [2.05, 4.69) is 9.97 Å². The summed E-state index contributed by atoms with van der Waals surface area (Å²) < 4.78 is 15.0. The first-order valence-electron chi connectivity index (χ1n) is 5.20. The second-order valence-corrected chi connectivity index (χ2v) is 3.55. The molecule has 0 bridgehead atoms. The fraction of sp³-hybridized carbons (Fsp3) is 0.250. The number of hydrogen-bond acceptors (Lipinski definition) is 6. The molecular formula is C12H12N2O4. The summed E-state index contributed by atoms with van der Waals surface area (Å²) in [5.74, 6) is 0.752. The first-order chi connectivity index (χ1) is 8.65. The maximum absolute atomic E-state index is 12.2. The van der Waals surface area contributed by atoms with Crippen molar-refractivity contribution in [3.8, 4) is 11.8 Å². The lowest BCUT2D eigenvalue weighted by atomic mass is 10.1. The minimum absolute atomic E-state index is 0.123. The molecule has 2 heterocycles. The molecular weight excluding hydrogens is 236 g/mol. The molecule has 0 aliphatic carbocycles. The monoisotopic (exact) mass is 248 g/mol. The van der Waals surface area contributed by atoms with Gasteiger partial charge in [0.1, 0.15) is 12.0 Å². The van der Waals surface area contributed by atoms with Gasteiger partial charge in [-0.1, -0.05) is 0 Å². The fourth-order valence-corrected chi connectivity index (χ4v) is 1.45. The Bertz CT molecular complexity index is 577. The van der Waals surface area contributed by atoms with Gasteiger partial charge in [0.2, 0.25) is 17.5 Å². The van der Waals surface area contributed by atoms with Crippen LogP contribution in [0.25, 0.3) is 0 Å². The van der Waals surface area contributed by atoms with E-state index in [0.717, 1.165) is 0 Å². The Morgan fingerprint density at radius 1 is 1.33 bits per heavy atom. The standard InChI is InChI=1S/C12H12N2O4/c1-7-4-8(6-18-7)11(15)10-12(17-3)14-9(16-2)5-13-10/h4-6H,1-3H3. The highest BCUT2D eigenvalue weighted by molar-refractivity contribution is 6.08. The quantitative estimate of drug-likeness (QED) is 0.765. The average molecular weight is 248 g/mol. The largest absolute Gasteiger partial charge is 0.480 e. The summed E-state index contributed by atoms with van der Waals surface area (Å²) in [5.41, 5.74) is 0.532. The highest BCUT2D eigenvalue weighted by Crippen LogP contribution is 2.20. The molecule has 6 nitrogen and oxygen atoms in total. The van der Waals surface area contributed by atoms with Crippen molar-refractivity contribution in [3.63, 3.8) is 0 Å². The maximum atomic E-state index is 12.2. The van der Waals surface area contributed by atoms with Crippen molar-refractivity contribution in [2.45, 2.75) is 6.92 Å². The molecule has 0 aliphatic heterocycles. The average Bonchev–Trinajstić information content (AvgIpc) is 2.83. The van der Waals surface area contributed by atoms with E-state index < -0.39 is 0 Å². The molecule has 0 radical (unpaired) electrons. The number of ketones is 1. The molecule has 6 heteroatoms. The number of nitrogens with zero attached hydrogens (tertiary/aromatic N) is 2. The highest BCUT2D eigenvalue weighted by atomic mass is 16.5. The van der Waals surface area contributed by atoms with Crippen LogP contribution in [0.2, 0.25) is 0 Å². The fourth-order valence-electron chi connectivity index (χ4n) is 1.45. The number of aromatic nitrogens is 2. The zero-order chi connectivity index (χ0) is 13.1. The van der Waals surface area contributed by atoms with Crippen LogP contribution >= 0.6 is 0 Å². The molecule has 94 valence electrons. The second kappa shape index (κ2) is 4.87. The molecule has 0 N–H and O–H groups in total. The number of furan rings is 1. The molecule has 0 saturated heterocycles. The van der Waals surface area contributed by atoms with Gasteiger partial charge in [0.15, 0.2) is 5.69 Å². The number of carbonyl (C=O) groups is 1. The molecule has 0 amide bonds. The van der Waals surface area contributed by atoms with Crippen LogP contribution in [-0.4, -0.2) is 30.0 Å². The van der Waals surface area contributed by atoms with Gasteiger partial charge in [-0.05, 0) is 13.0 Å². The number of carbonyl (C=O) groups excluding carboxylic acids is 1. The minimum Gasteiger partial charge on any atom is -0.480 e. The van der Waals surface area contributed by atoms with Crippen molar-refractivity contribution in [3.05, 3.63) is 35.5 Å². The summed E-state index contributed by atoms with van der Waals surface area (Å²) in [6.45, 7) is 1.76. The molecule has 0 spiro atoms. The van der Waals surface area contributed by atoms with Crippen LogP contribution < -0.4 is 9.47 Å². The van der Waals surface area contributed by atoms with Gasteiger partial charge >= 0.3 is 0 Å². The van der Waals surface area contributed by atoms with E-state index in [1.54, 1.807) is 13.0 Å². The molecule has 0 saturated carbocycles. The third-order valence-electron chi connectivity index (χ3n) is 2.33. The van der Waals surface area contributed by atoms with Crippen molar-refractivity contribution in [1.82, 2.24) is 9.97 Å². The predicted octanol–water partition coefficient (Wildman–Crippen LogP) is 1.63. The van der Waals surface area contributed by atoms with Gasteiger partial charge in [-0.15, -0.1) is 0 Å². The van der Waals surface area contributed by atoms with E-state index in [-0.39, 0.29) is 23.2 Å². The zero-order valence-corrected chi connectivity index (χ0v) is 10.3. The third kappa shape index (κ3) is 2.17. The van der Waals surface area contributed by atoms with Crippen LogP contribution in [0.1, 0.15) is 21.8 Å². The zero-order valence-electron chi connectivity index (χ0n) is 10.3. The number of hydrogen-bond donors (Lipinski definition) is 0. The van der Waals surface area contributed by atoms with Crippen LogP contribution in [0.15, 0.2) is 22.9 Å². The van der Waals surface area contributed by atoms with E-state index in [9.17, 15) is 4.79 Å². The Labute approximate surface area is 104 Å². The topological polar surface area (TPSA) is 74.5 Å². The van der Waals surface area contributed by atoms with Gasteiger partial charge < -0.3 is 13.9 Å². The maximum Gasteiger partial charge on any atom is 0.247 e. The third-order valence-corrected chi connectivity index (χ3v) is 2.33. The first-order valence-corrected chi connectivity index (χ1v) is 5.20. The molecule has 2 rings (SSSR count). The van der Waals surface area contributed by atoms with Crippen LogP contribution in [0.4, 0.5) is 0 Å². The first kappa shape index (κ1) is 12.1. The van der Waals surface area contributed by atoms with Gasteiger partial charge in [0, 0.05) is 0 Å². The van der Waals surface area contributed by atoms with Gasteiger partial charge in [-0.3, -0.25) is 4.79 Å². The predicted molar refractivity (Wildman–Crippen MR) is 62.0 cm³/mol. The molecule has 2 aromatic rings. The van der Waals surface area contributed by atoms with Gasteiger partial charge in [-0.25, -0.2) is 4.98 Å².